The molecule has 0 aliphatic carbocycles. The van der Waals surface area contributed by atoms with Crippen LogP contribution in [0.15, 0.2) is 116 Å². The first-order valence-electron chi connectivity index (χ1n) is 16.0. The molecule has 0 fully saturated rings. The van der Waals surface area contributed by atoms with Crippen LogP contribution in [0.25, 0.3) is 32.3 Å². The highest BCUT2D eigenvalue weighted by atomic mass is 32.3. The van der Waals surface area contributed by atoms with Crippen molar-refractivity contribution in [2.75, 3.05) is 18.5 Å². The molecule has 0 aromatic heterocycles. The molecule has 0 aliphatic heterocycles. The Labute approximate surface area is 335 Å². The molecule has 0 saturated carbocycles. The number of nitrogens with two attached hydrogens (primary N) is 2. The molecule has 0 aliphatic rings. The molecule has 6 rings (SSSR count). The van der Waals surface area contributed by atoms with Crippen molar-refractivity contribution in [1.82, 2.24) is 0 Å². The summed E-state index contributed by atoms with van der Waals surface area (Å²) in [5.74, 6) is -1.63. The Kier molecular flexibility index (Phi) is 10.4. The van der Waals surface area contributed by atoms with Crippen LogP contribution in [0.1, 0.15) is 0 Å². The van der Waals surface area contributed by atoms with Crippen LogP contribution in [0.4, 0.5) is 45.5 Å². The maximum absolute atomic E-state index is 12.7. The second kappa shape index (κ2) is 15.0. The lowest BCUT2D eigenvalue weighted by atomic mass is 10.1. The SMILES string of the molecule is [2H]N=Nc1c(S(=O)(=O)O)cc2ccc(N=Nc3cc(S(=O)(=O)O)c4cc(N=Nc5ccc6cc(S(O)(O)O)c(N=NC)c(O)c6c5N)cc(S(O)(O)O)c4c3)c(N)c2c1O. The molecule has 0 radical (unpaired) electrons. The van der Waals surface area contributed by atoms with Crippen LogP contribution in [0.3, 0.4) is 0 Å². The van der Waals surface area contributed by atoms with Gasteiger partial charge in [0, 0.05) is 17.8 Å². The number of nitrogens with one attached hydrogen (secondary N) is 1. The van der Waals surface area contributed by atoms with E-state index in [1.807, 2.05) is 0 Å². The fraction of sp³-hybridized carbons (Fsp3) is 0.0323. The number of anilines is 2. The lowest BCUT2D eigenvalue weighted by Gasteiger charge is -2.22. The number of phenols is 2. The second-order valence-electron chi connectivity index (χ2n) is 12.1. The van der Waals surface area contributed by atoms with E-state index >= 15 is 0 Å². The number of nitrogens with zero attached hydrogens (tertiary/aromatic N) is 7. The summed E-state index contributed by atoms with van der Waals surface area (Å²) < 4.78 is 137. The molecule has 0 bridgehead atoms. The molecule has 24 nitrogen and oxygen atoms in total. The third-order valence-electron chi connectivity index (χ3n) is 8.43. The highest BCUT2D eigenvalue weighted by Crippen LogP contribution is 2.56. The summed E-state index contributed by atoms with van der Waals surface area (Å²) in [5.41, 5.74) is 12.1. The summed E-state index contributed by atoms with van der Waals surface area (Å²) in [7, 11) is -18.1. The van der Waals surface area contributed by atoms with Gasteiger partial charge in [-0.15, -0.1) is 10.2 Å². The summed E-state index contributed by atoms with van der Waals surface area (Å²) in [6.45, 7) is 0. The number of nitrogen functional groups attached to an aromatic ring is 2. The van der Waals surface area contributed by atoms with Gasteiger partial charge in [0.2, 0.25) is 1.41 Å². The quantitative estimate of drug-likeness (QED) is 0.0345. The first kappa shape index (κ1) is 41.2. The molecule has 0 unspecified atom stereocenters. The van der Waals surface area contributed by atoms with E-state index in [4.69, 9.17) is 12.9 Å². The van der Waals surface area contributed by atoms with E-state index in [9.17, 15) is 63.5 Å². The highest BCUT2D eigenvalue weighted by Gasteiger charge is 2.28. The van der Waals surface area contributed by atoms with Gasteiger partial charge in [-0.3, -0.25) is 9.11 Å². The molecular weight excluding hydrogens is 865 g/mol. The Balaban J connectivity index is 1.49. The molecule has 6 aromatic rings. The minimum Gasteiger partial charge on any atom is -0.505 e. The summed E-state index contributed by atoms with van der Waals surface area (Å²) in [6.07, 6.45) is 0. The Morgan fingerprint density at radius 2 is 1.00 bits per heavy atom. The second-order valence-corrected chi connectivity index (χ2v) is 17.8. The highest BCUT2D eigenvalue weighted by molar-refractivity contribution is 8.19. The molecule has 28 heteroatoms. The van der Waals surface area contributed by atoms with E-state index < -0.39 is 95.2 Å². The fourth-order valence-electron chi connectivity index (χ4n) is 5.93. The summed E-state index contributed by atoms with van der Waals surface area (Å²) >= 11 is 0. The van der Waals surface area contributed by atoms with Crippen LogP contribution in [-0.4, -0.2) is 70.5 Å². The Morgan fingerprint density at radius 1 is 0.559 bits per heavy atom. The number of azo groups is 3. The van der Waals surface area contributed by atoms with Gasteiger partial charge in [0.15, 0.2) is 11.5 Å². The molecule has 0 spiro atoms. The number of hydrogen-bond donors (Lipinski definition) is 13. The molecule has 0 saturated heterocycles. The van der Waals surface area contributed by atoms with E-state index in [-0.39, 0.29) is 55.7 Å². The van der Waals surface area contributed by atoms with E-state index in [1.165, 1.54) is 31.3 Å². The van der Waals surface area contributed by atoms with Gasteiger partial charge >= 0.3 is 0 Å². The molecule has 0 atom stereocenters. The first-order chi connectivity index (χ1) is 27.9. The molecule has 59 heavy (non-hydrogen) atoms. The molecule has 310 valence electrons. The minimum absolute atomic E-state index is 0.0424. The van der Waals surface area contributed by atoms with Crippen LogP contribution in [0.5, 0.6) is 11.5 Å². The van der Waals surface area contributed by atoms with Gasteiger partial charge in [-0.2, -0.15) is 42.4 Å². The number of fused-ring (bicyclic) bond motifs is 3. The molecular formula is C31H28N10O14S4. The van der Waals surface area contributed by atoms with E-state index in [0.717, 1.165) is 36.4 Å². The Morgan fingerprint density at radius 3 is 1.44 bits per heavy atom. The number of hydrogen-bond acceptors (Lipinski definition) is 22. The van der Waals surface area contributed by atoms with Gasteiger partial charge in [-0.05, 0) is 59.3 Å². The average molecular weight is 894 g/mol. The third kappa shape index (κ3) is 8.05. The first-order valence-corrected chi connectivity index (χ1v) is 21.5. The topological polar surface area (TPSA) is 433 Å². The van der Waals surface area contributed by atoms with Gasteiger partial charge in [-0.25, -0.2) is 5.52 Å². The predicted octanol–water partition coefficient (Wildman–Crippen LogP) is 9.59. The Bertz CT molecular complexity index is 3160. The van der Waals surface area contributed by atoms with Gasteiger partial charge in [0.1, 0.15) is 54.3 Å². The zero-order valence-electron chi connectivity index (χ0n) is 30.2. The largest absolute Gasteiger partial charge is 0.505 e. The lowest BCUT2D eigenvalue weighted by Crippen LogP contribution is -2.02. The third-order valence-corrected chi connectivity index (χ3v) is 12.0. The minimum atomic E-state index is -5.20. The van der Waals surface area contributed by atoms with Crippen LogP contribution in [0.2, 0.25) is 1.41 Å². The number of benzene rings is 6. The van der Waals surface area contributed by atoms with Crippen molar-refractivity contribution in [2.45, 2.75) is 19.6 Å². The molecule has 0 amide bonds. The van der Waals surface area contributed by atoms with Gasteiger partial charge in [-0.1, -0.05) is 12.1 Å². The van der Waals surface area contributed by atoms with Crippen molar-refractivity contribution in [1.29, 1.82) is 5.52 Å². The predicted molar refractivity (Wildman–Crippen MR) is 215 cm³/mol. The van der Waals surface area contributed by atoms with E-state index in [1.54, 1.807) is 0 Å². The Hall–Kier alpha value is -6.02. The van der Waals surface area contributed by atoms with Crippen molar-refractivity contribution in [2.24, 2.45) is 35.8 Å². The standard InChI is InChI=1S/C31H28N10O14S4/c1-35-41-29-23(59(53,54)55)7-13-3-5-19(27(33)25(13)31(29)43)40-38-15-9-17-16(21(11-15)57(47,48)49)8-14(10-20(17)56(44,45)46)37-39-18-4-2-12-6-22(58(50,51)52)28(36-34)30(42)24(12)26(18)32/h2-11,34,42-43,47-49,53-55H,32-33H2,1H3,(H,44,45,46)(H,50,51,52)/i/hD. The summed E-state index contributed by atoms with van der Waals surface area (Å²) in [6, 6.07) is 10.7. The molecule has 15 N–H and O–H groups in total. The van der Waals surface area contributed by atoms with Crippen LogP contribution < -0.4 is 11.5 Å². The number of rotatable bonds is 10. The zero-order valence-corrected chi connectivity index (χ0v) is 32.5. The molecule has 6 aromatic carbocycles. The van der Waals surface area contributed by atoms with Crippen molar-refractivity contribution >= 4 is 120 Å². The van der Waals surface area contributed by atoms with Crippen LogP contribution in [-0.2, 0) is 20.2 Å². The van der Waals surface area contributed by atoms with Gasteiger partial charge in [0.05, 0.1) is 43.3 Å². The monoisotopic (exact) mass is 893 g/mol. The van der Waals surface area contributed by atoms with Crippen LogP contribution in [0, 0.1) is 5.52 Å². The lowest BCUT2D eigenvalue weighted by molar-refractivity contribution is 0.374. The maximum Gasteiger partial charge on any atom is 0.296 e. The van der Waals surface area contributed by atoms with Crippen molar-refractivity contribution < 1.29 is 64.9 Å². The zero-order chi connectivity index (χ0) is 44.3. The number of aromatic hydroxyl groups is 2. The smallest absolute Gasteiger partial charge is 0.296 e. The molecule has 0 heterocycles. The number of phenolic OH excluding ortho intramolecular Hbond substituents is 2. The summed E-state index contributed by atoms with van der Waals surface area (Å²) in [4.78, 5) is -3.08. The fourth-order valence-corrected chi connectivity index (χ4v) is 8.73. The van der Waals surface area contributed by atoms with Crippen molar-refractivity contribution in [3.05, 3.63) is 60.7 Å². The normalized spacial score (nSPS) is 14.2. The summed E-state index contributed by atoms with van der Waals surface area (Å²) in [5, 5.41) is 46.9. The maximum atomic E-state index is 12.7. The van der Waals surface area contributed by atoms with Crippen molar-refractivity contribution in [3.8, 4) is 11.5 Å². The van der Waals surface area contributed by atoms with E-state index in [2.05, 4.69) is 41.3 Å². The average Bonchev–Trinajstić information content (AvgIpc) is 3.13. The van der Waals surface area contributed by atoms with Gasteiger partial charge < -0.3 is 49.0 Å². The van der Waals surface area contributed by atoms with Crippen LogP contribution >= 0.6 is 21.7 Å². The van der Waals surface area contributed by atoms with Gasteiger partial charge in [0.25, 0.3) is 20.2 Å². The van der Waals surface area contributed by atoms with E-state index in [0.29, 0.717) is 0 Å². The van der Waals surface area contributed by atoms with Crippen molar-refractivity contribution in [3.63, 3.8) is 0 Å².